The molecule has 198 valence electrons. The predicted molar refractivity (Wildman–Crippen MR) is 138 cm³/mol. The predicted octanol–water partition coefficient (Wildman–Crippen LogP) is 4.25. The van der Waals surface area contributed by atoms with Gasteiger partial charge in [0, 0.05) is 17.7 Å². The molecule has 1 aromatic heterocycles. The summed E-state index contributed by atoms with van der Waals surface area (Å²) in [5.41, 5.74) is 7.28. The number of anilines is 1. The number of alkyl halides is 3. The Labute approximate surface area is 221 Å². The van der Waals surface area contributed by atoms with Crippen LogP contribution in [0, 0.1) is 0 Å². The minimum Gasteiger partial charge on any atom is -0.369 e. The van der Waals surface area contributed by atoms with Crippen LogP contribution in [-0.4, -0.2) is 32.7 Å². The average molecular weight is 533 g/mol. The first-order valence-corrected chi connectivity index (χ1v) is 12.2. The molecule has 0 spiro atoms. The van der Waals surface area contributed by atoms with Gasteiger partial charge in [-0.05, 0) is 29.7 Å². The maximum atomic E-state index is 13.7. The highest BCUT2D eigenvalue weighted by Crippen LogP contribution is 2.30. The zero-order chi connectivity index (χ0) is 27.7. The van der Waals surface area contributed by atoms with Crippen LogP contribution in [0.5, 0.6) is 0 Å². The van der Waals surface area contributed by atoms with Crippen molar-refractivity contribution in [2.24, 2.45) is 0 Å². The molecule has 2 heterocycles. The number of rotatable bonds is 5. The van der Waals surface area contributed by atoms with Crippen LogP contribution in [0.2, 0.25) is 0 Å². The molecule has 10 heteroatoms. The molecule has 4 aromatic rings. The van der Waals surface area contributed by atoms with E-state index >= 15 is 0 Å². The largest absolute Gasteiger partial charge is 0.416 e. The molecule has 3 aromatic carbocycles. The number of carbonyl (C=O) groups is 2. The van der Waals surface area contributed by atoms with Gasteiger partial charge in [-0.1, -0.05) is 72.8 Å². The van der Waals surface area contributed by atoms with Crippen LogP contribution in [0.4, 0.5) is 19.1 Å². The lowest BCUT2D eigenvalue weighted by Gasteiger charge is -2.30. The van der Waals surface area contributed by atoms with E-state index in [0.29, 0.717) is 5.56 Å². The molecule has 1 aliphatic heterocycles. The van der Waals surface area contributed by atoms with Gasteiger partial charge in [-0.2, -0.15) is 13.2 Å². The lowest BCUT2D eigenvalue weighted by atomic mass is 9.97. The Morgan fingerprint density at radius 3 is 1.97 bits per heavy atom. The van der Waals surface area contributed by atoms with Crippen LogP contribution in [0.25, 0.3) is 0 Å². The van der Waals surface area contributed by atoms with Crippen LogP contribution in [0.15, 0.2) is 89.7 Å². The maximum Gasteiger partial charge on any atom is 0.416 e. The van der Waals surface area contributed by atoms with Gasteiger partial charge < -0.3 is 10.6 Å². The second-order valence-corrected chi connectivity index (χ2v) is 9.18. The lowest BCUT2D eigenvalue weighted by molar-refractivity contribution is -0.137. The monoisotopic (exact) mass is 532 g/mol. The summed E-state index contributed by atoms with van der Waals surface area (Å²) in [6.45, 7) is -0.0530. The highest BCUT2D eigenvalue weighted by atomic mass is 19.4. The van der Waals surface area contributed by atoms with Crippen molar-refractivity contribution >= 4 is 17.6 Å². The van der Waals surface area contributed by atoms with Gasteiger partial charge in [0.1, 0.15) is 0 Å². The molecule has 0 saturated carbocycles. The SMILES string of the molecule is Nc1nc2c(c(=O)n1C(c1ccccc1)c1ccccc1)CCN(C(=O)C(=O)c1ccc(C(F)(F)F)cc1)C2. The van der Waals surface area contributed by atoms with Crippen LogP contribution in [-0.2, 0) is 23.9 Å². The van der Waals surface area contributed by atoms with E-state index in [2.05, 4.69) is 4.98 Å². The van der Waals surface area contributed by atoms with Crippen molar-refractivity contribution in [1.29, 1.82) is 0 Å². The van der Waals surface area contributed by atoms with Crippen LogP contribution in [0.1, 0.15) is 44.3 Å². The molecule has 0 aliphatic carbocycles. The number of carbonyl (C=O) groups excluding carboxylic acids is 2. The summed E-state index contributed by atoms with van der Waals surface area (Å²) in [5.74, 6) is -1.88. The Kier molecular flexibility index (Phi) is 6.78. The Morgan fingerprint density at radius 1 is 0.872 bits per heavy atom. The first kappa shape index (κ1) is 25.9. The van der Waals surface area contributed by atoms with Crippen LogP contribution < -0.4 is 11.3 Å². The molecule has 0 bridgehead atoms. The number of hydrogen-bond donors (Lipinski definition) is 1. The number of fused-ring (bicyclic) bond motifs is 1. The maximum absolute atomic E-state index is 13.7. The van der Waals surface area contributed by atoms with E-state index in [9.17, 15) is 27.6 Å². The van der Waals surface area contributed by atoms with Gasteiger partial charge in [-0.3, -0.25) is 19.0 Å². The number of hydrogen-bond acceptors (Lipinski definition) is 5. The quantitative estimate of drug-likeness (QED) is 0.306. The first-order chi connectivity index (χ1) is 18.6. The minimum absolute atomic E-state index is 0.0418. The molecule has 7 nitrogen and oxygen atoms in total. The number of benzene rings is 3. The van der Waals surface area contributed by atoms with E-state index in [1.54, 1.807) is 0 Å². The van der Waals surface area contributed by atoms with E-state index in [0.717, 1.165) is 35.4 Å². The van der Waals surface area contributed by atoms with E-state index in [1.807, 2.05) is 60.7 Å². The standard InChI is InChI=1S/C29H23F3N4O3/c30-29(31,32)21-13-11-20(12-14-21)25(37)27(39)35-16-15-22-23(17-35)34-28(33)36(26(22)38)24(18-7-3-1-4-8-18)19-9-5-2-6-10-19/h1-14,24H,15-17H2,(H2,33,34). The summed E-state index contributed by atoms with van der Waals surface area (Å²) in [6, 6.07) is 21.8. The number of nitrogens with two attached hydrogens (primary N) is 1. The van der Waals surface area contributed by atoms with Crippen molar-refractivity contribution in [3.8, 4) is 0 Å². The van der Waals surface area contributed by atoms with Crippen molar-refractivity contribution in [3.05, 3.63) is 129 Å². The summed E-state index contributed by atoms with van der Waals surface area (Å²) in [5, 5.41) is 0. The van der Waals surface area contributed by atoms with Gasteiger partial charge in [0.05, 0.1) is 23.8 Å². The summed E-state index contributed by atoms with van der Waals surface area (Å²) in [7, 11) is 0. The Morgan fingerprint density at radius 2 is 1.44 bits per heavy atom. The molecule has 0 radical (unpaired) electrons. The fraction of sp³-hybridized carbons (Fsp3) is 0.172. The second-order valence-electron chi connectivity index (χ2n) is 9.18. The minimum atomic E-state index is -4.55. The molecule has 0 saturated heterocycles. The van der Waals surface area contributed by atoms with Crippen LogP contribution >= 0.6 is 0 Å². The van der Waals surface area contributed by atoms with Crippen molar-refractivity contribution in [1.82, 2.24) is 14.5 Å². The normalized spacial score (nSPS) is 13.3. The molecule has 1 aliphatic rings. The van der Waals surface area contributed by atoms with Gasteiger partial charge in [-0.15, -0.1) is 0 Å². The van der Waals surface area contributed by atoms with Gasteiger partial charge in [-0.25, -0.2) is 4.98 Å². The Balaban J connectivity index is 1.45. The number of nitrogen functional groups attached to an aromatic ring is 1. The van der Waals surface area contributed by atoms with Gasteiger partial charge >= 0.3 is 6.18 Å². The molecule has 1 amide bonds. The summed E-state index contributed by atoms with van der Waals surface area (Å²) < 4.78 is 40.0. The van der Waals surface area contributed by atoms with Crippen LogP contribution in [0.3, 0.4) is 0 Å². The molecular weight excluding hydrogens is 509 g/mol. The number of nitrogens with zero attached hydrogens (tertiary/aromatic N) is 3. The average Bonchev–Trinajstić information content (AvgIpc) is 2.94. The number of Topliss-reactive ketones (excluding diaryl/α,β-unsaturated/α-hetero) is 1. The Bertz CT molecular complexity index is 1550. The van der Waals surface area contributed by atoms with Crippen molar-refractivity contribution in [2.75, 3.05) is 12.3 Å². The number of amides is 1. The van der Waals surface area contributed by atoms with Crippen molar-refractivity contribution < 1.29 is 22.8 Å². The summed E-state index contributed by atoms with van der Waals surface area (Å²) in [4.78, 5) is 45.1. The van der Waals surface area contributed by atoms with E-state index < -0.39 is 29.5 Å². The third-order valence-electron chi connectivity index (χ3n) is 6.74. The van der Waals surface area contributed by atoms with E-state index in [-0.39, 0.29) is 42.3 Å². The van der Waals surface area contributed by atoms with E-state index in [4.69, 9.17) is 5.73 Å². The molecule has 2 N–H and O–H groups in total. The van der Waals surface area contributed by atoms with Crippen molar-refractivity contribution in [3.63, 3.8) is 0 Å². The van der Waals surface area contributed by atoms with Gasteiger partial charge in [0.25, 0.3) is 11.5 Å². The molecule has 0 fully saturated rings. The topological polar surface area (TPSA) is 98.3 Å². The first-order valence-electron chi connectivity index (χ1n) is 12.2. The number of ketones is 1. The highest BCUT2D eigenvalue weighted by molar-refractivity contribution is 6.42. The smallest absolute Gasteiger partial charge is 0.369 e. The molecule has 39 heavy (non-hydrogen) atoms. The van der Waals surface area contributed by atoms with Gasteiger partial charge in [0.2, 0.25) is 11.7 Å². The molecular formula is C29H23F3N4O3. The van der Waals surface area contributed by atoms with Gasteiger partial charge in [0.15, 0.2) is 0 Å². The lowest BCUT2D eigenvalue weighted by Crippen LogP contribution is -2.44. The van der Waals surface area contributed by atoms with E-state index in [1.165, 1.54) is 9.47 Å². The molecule has 5 rings (SSSR count). The Hall–Kier alpha value is -4.73. The fourth-order valence-corrected chi connectivity index (χ4v) is 4.78. The fourth-order valence-electron chi connectivity index (χ4n) is 4.78. The zero-order valence-electron chi connectivity index (χ0n) is 20.6. The number of halogens is 3. The summed E-state index contributed by atoms with van der Waals surface area (Å²) in [6.07, 6.45) is -4.41. The third kappa shape index (κ3) is 5.05. The third-order valence-corrected chi connectivity index (χ3v) is 6.74. The zero-order valence-corrected chi connectivity index (χ0v) is 20.6. The molecule has 0 atom stereocenters. The van der Waals surface area contributed by atoms with Crippen molar-refractivity contribution in [2.45, 2.75) is 25.2 Å². The molecule has 0 unspecified atom stereocenters. The highest BCUT2D eigenvalue weighted by Gasteiger charge is 2.33. The summed E-state index contributed by atoms with van der Waals surface area (Å²) >= 11 is 0. The number of aromatic nitrogens is 2. The second kappa shape index (κ2) is 10.2.